The fraction of sp³-hybridized carbons (Fsp3) is 0.143. The highest BCUT2D eigenvalue weighted by molar-refractivity contribution is 6.02. The minimum atomic E-state index is -4.38. The lowest BCUT2D eigenvalue weighted by atomic mass is 10.1. The number of alkyl halides is 3. The van der Waals surface area contributed by atoms with Crippen LogP contribution >= 0.6 is 0 Å². The van der Waals surface area contributed by atoms with E-state index in [0.29, 0.717) is 11.3 Å². The molecule has 0 fully saturated rings. The van der Waals surface area contributed by atoms with Crippen molar-refractivity contribution in [3.63, 3.8) is 0 Å². The van der Waals surface area contributed by atoms with E-state index in [0.717, 1.165) is 29.2 Å². The lowest BCUT2D eigenvalue weighted by molar-refractivity contribution is -0.137. The summed E-state index contributed by atoms with van der Waals surface area (Å²) >= 11 is 0. The molecule has 0 aliphatic rings. The Labute approximate surface area is 160 Å². The van der Waals surface area contributed by atoms with E-state index in [9.17, 15) is 18.0 Å². The van der Waals surface area contributed by atoms with Crippen LogP contribution in [0.3, 0.4) is 0 Å². The van der Waals surface area contributed by atoms with Gasteiger partial charge in [0.2, 0.25) is 5.91 Å². The predicted octanol–water partition coefficient (Wildman–Crippen LogP) is 5.07. The van der Waals surface area contributed by atoms with E-state index in [1.54, 1.807) is 12.3 Å². The Morgan fingerprint density at radius 1 is 1.14 bits per heavy atom. The number of rotatable bonds is 4. The van der Waals surface area contributed by atoms with Crippen LogP contribution in [0, 0.1) is 6.92 Å². The number of carbonyl (C=O) groups is 1. The number of hydrogen-bond donors (Lipinski definition) is 1. The number of nitrogens with one attached hydrogen (secondary N) is 1. The van der Waals surface area contributed by atoms with Crippen molar-refractivity contribution in [1.82, 2.24) is 9.55 Å². The zero-order chi connectivity index (χ0) is 20.3. The molecule has 0 aliphatic heterocycles. The van der Waals surface area contributed by atoms with Gasteiger partial charge in [0.05, 0.1) is 17.5 Å². The van der Waals surface area contributed by atoms with Crippen molar-refractivity contribution >= 4 is 17.7 Å². The van der Waals surface area contributed by atoms with Gasteiger partial charge in [0.15, 0.2) is 0 Å². The van der Waals surface area contributed by atoms with Crippen molar-refractivity contribution in [3.8, 4) is 11.3 Å². The van der Waals surface area contributed by atoms with Crippen LogP contribution in [-0.2, 0) is 18.0 Å². The van der Waals surface area contributed by atoms with Crippen molar-refractivity contribution < 1.29 is 18.0 Å². The molecule has 1 aromatic heterocycles. The summed E-state index contributed by atoms with van der Waals surface area (Å²) in [5.41, 5.74) is 2.22. The molecule has 1 heterocycles. The summed E-state index contributed by atoms with van der Waals surface area (Å²) in [6, 6.07) is 11.9. The number of carbonyl (C=O) groups excluding carboxylic acids is 1. The highest BCUT2D eigenvalue weighted by atomic mass is 19.4. The average Bonchev–Trinajstić information content (AvgIpc) is 2.99. The number of anilines is 1. The van der Waals surface area contributed by atoms with Gasteiger partial charge in [0.25, 0.3) is 0 Å². The molecule has 0 saturated carbocycles. The van der Waals surface area contributed by atoms with Crippen molar-refractivity contribution in [2.75, 3.05) is 5.32 Å². The SMILES string of the molecule is Cc1ncc(-c2cccc(NC(=O)/C=C/c3ccc(C(F)(F)F)cc3)c2)n1C. The number of hydrogen-bond acceptors (Lipinski definition) is 2. The Hall–Kier alpha value is -3.35. The summed E-state index contributed by atoms with van der Waals surface area (Å²) in [7, 11) is 1.91. The quantitative estimate of drug-likeness (QED) is 0.638. The summed E-state index contributed by atoms with van der Waals surface area (Å²) in [6.07, 6.45) is 0.130. The first-order valence-electron chi connectivity index (χ1n) is 8.49. The molecule has 144 valence electrons. The van der Waals surface area contributed by atoms with Gasteiger partial charge < -0.3 is 9.88 Å². The number of nitrogens with zero attached hydrogens (tertiary/aromatic N) is 2. The maximum atomic E-state index is 12.6. The third kappa shape index (κ3) is 4.49. The molecular weight excluding hydrogens is 367 g/mol. The highest BCUT2D eigenvalue weighted by Gasteiger charge is 2.29. The third-order valence-corrected chi connectivity index (χ3v) is 4.31. The Morgan fingerprint density at radius 2 is 1.86 bits per heavy atom. The molecule has 1 N–H and O–H groups in total. The van der Waals surface area contributed by atoms with Gasteiger partial charge in [0, 0.05) is 24.4 Å². The second-order valence-corrected chi connectivity index (χ2v) is 6.27. The second kappa shape index (κ2) is 7.72. The van der Waals surface area contributed by atoms with Crippen molar-refractivity contribution in [2.24, 2.45) is 7.05 Å². The molecule has 2 aromatic carbocycles. The first kappa shape index (κ1) is 19.4. The van der Waals surface area contributed by atoms with Gasteiger partial charge in [0.1, 0.15) is 5.82 Å². The van der Waals surface area contributed by atoms with E-state index in [1.807, 2.05) is 36.7 Å². The molecule has 3 rings (SSSR count). The van der Waals surface area contributed by atoms with Crippen LogP contribution in [0.25, 0.3) is 17.3 Å². The molecule has 0 atom stereocenters. The largest absolute Gasteiger partial charge is 0.416 e. The van der Waals surface area contributed by atoms with E-state index in [-0.39, 0.29) is 5.91 Å². The Balaban J connectivity index is 1.69. The number of halogens is 3. The number of benzene rings is 2. The fourth-order valence-corrected chi connectivity index (χ4v) is 2.67. The average molecular weight is 385 g/mol. The van der Waals surface area contributed by atoms with E-state index >= 15 is 0 Å². The number of aromatic nitrogens is 2. The molecule has 3 aromatic rings. The van der Waals surface area contributed by atoms with E-state index in [1.165, 1.54) is 24.3 Å². The molecule has 0 radical (unpaired) electrons. The topological polar surface area (TPSA) is 46.9 Å². The fourth-order valence-electron chi connectivity index (χ4n) is 2.67. The molecule has 4 nitrogen and oxygen atoms in total. The molecule has 0 spiro atoms. The van der Waals surface area contributed by atoms with E-state index in [4.69, 9.17) is 0 Å². The molecule has 1 amide bonds. The lowest BCUT2D eigenvalue weighted by Gasteiger charge is -2.07. The van der Waals surface area contributed by atoms with Gasteiger partial charge in [-0.15, -0.1) is 0 Å². The Kier molecular flexibility index (Phi) is 5.35. The summed E-state index contributed by atoms with van der Waals surface area (Å²) in [4.78, 5) is 16.4. The van der Waals surface area contributed by atoms with Crippen LogP contribution < -0.4 is 5.32 Å². The molecule has 0 aliphatic carbocycles. The minimum absolute atomic E-state index is 0.377. The Morgan fingerprint density at radius 3 is 2.46 bits per heavy atom. The van der Waals surface area contributed by atoms with Crippen LogP contribution in [-0.4, -0.2) is 15.5 Å². The van der Waals surface area contributed by atoms with Crippen LogP contribution in [0.4, 0.5) is 18.9 Å². The van der Waals surface area contributed by atoms with Crippen LogP contribution in [0.2, 0.25) is 0 Å². The summed E-state index contributed by atoms with van der Waals surface area (Å²) in [6.45, 7) is 1.90. The standard InChI is InChI=1S/C21H18F3N3O/c1-14-25-13-19(27(14)2)16-4-3-5-18(12-16)26-20(28)11-8-15-6-9-17(10-7-15)21(22,23)24/h3-13H,1-2H3,(H,26,28)/b11-8+. The summed E-state index contributed by atoms with van der Waals surface area (Å²) < 4.78 is 39.7. The predicted molar refractivity (Wildman–Crippen MR) is 102 cm³/mol. The van der Waals surface area contributed by atoms with Crippen LogP contribution in [0.15, 0.2) is 60.8 Å². The van der Waals surface area contributed by atoms with Crippen molar-refractivity contribution in [3.05, 3.63) is 77.8 Å². The normalized spacial score (nSPS) is 11.8. The van der Waals surface area contributed by atoms with Crippen LogP contribution in [0.1, 0.15) is 17.0 Å². The second-order valence-electron chi connectivity index (χ2n) is 6.27. The third-order valence-electron chi connectivity index (χ3n) is 4.31. The number of imidazole rings is 1. The zero-order valence-electron chi connectivity index (χ0n) is 15.3. The van der Waals surface area contributed by atoms with Crippen molar-refractivity contribution in [2.45, 2.75) is 13.1 Å². The molecule has 0 unspecified atom stereocenters. The molecule has 28 heavy (non-hydrogen) atoms. The van der Waals surface area contributed by atoms with E-state index < -0.39 is 11.7 Å². The number of amides is 1. The molecule has 7 heteroatoms. The Bertz CT molecular complexity index is 1020. The lowest BCUT2D eigenvalue weighted by Crippen LogP contribution is -2.08. The monoisotopic (exact) mass is 385 g/mol. The molecule has 0 bridgehead atoms. The first-order chi connectivity index (χ1) is 13.2. The van der Waals surface area contributed by atoms with Gasteiger partial charge in [-0.1, -0.05) is 24.3 Å². The maximum Gasteiger partial charge on any atom is 0.416 e. The summed E-state index contributed by atoms with van der Waals surface area (Å²) in [5.74, 6) is 0.502. The number of aryl methyl sites for hydroxylation is 1. The maximum absolute atomic E-state index is 12.6. The smallest absolute Gasteiger partial charge is 0.331 e. The van der Waals surface area contributed by atoms with Crippen molar-refractivity contribution in [1.29, 1.82) is 0 Å². The van der Waals surface area contributed by atoms with Gasteiger partial charge >= 0.3 is 6.18 Å². The van der Waals surface area contributed by atoms with Crippen LogP contribution in [0.5, 0.6) is 0 Å². The van der Waals surface area contributed by atoms with Gasteiger partial charge in [-0.05, 0) is 42.8 Å². The summed E-state index contributed by atoms with van der Waals surface area (Å²) in [5, 5.41) is 2.75. The molecule has 0 saturated heterocycles. The minimum Gasteiger partial charge on any atom is -0.331 e. The first-order valence-corrected chi connectivity index (χ1v) is 8.49. The zero-order valence-corrected chi connectivity index (χ0v) is 15.3. The van der Waals surface area contributed by atoms with E-state index in [2.05, 4.69) is 10.3 Å². The van der Waals surface area contributed by atoms with Gasteiger partial charge in [-0.2, -0.15) is 13.2 Å². The van der Waals surface area contributed by atoms with Gasteiger partial charge in [-0.25, -0.2) is 4.98 Å². The molecular formula is C21H18F3N3O. The van der Waals surface area contributed by atoms with Gasteiger partial charge in [-0.3, -0.25) is 4.79 Å². The highest BCUT2D eigenvalue weighted by Crippen LogP contribution is 2.29.